The van der Waals surface area contributed by atoms with E-state index in [0.717, 1.165) is 19.5 Å². The van der Waals surface area contributed by atoms with Crippen LogP contribution in [0.2, 0.25) is 5.02 Å². The van der Waals surface area contributed by atoms with Gasteiger partial charge in [-0.15, -0.1) is 0 Å². The van der Waals surface area contributed by atoms with E-state index in [2.05, 4.69) is 17.6 Å². The average Bonchev–Trinajstić information content (AvgIpc) is 2.71. The number of hydrogen-bond acceptors (Lipinski definition) is 2. The van der Waals surface area contributed by atoms with Crippen molar-refractivity contribution in [3.8, 4) is 0 Å². The molecule has 5 heteroatoms. The third-order valence-corrected chi connectivity index (χ3v) is 2.88. The van der Waals surface area contributed by atoms with Crippen molar-refractivity contribution in [3.63, 3.8) is 0 Å². The number of amides is 1. The summed E-state index contributed by atoms with van der Waals surface area (Å²) in [5.74, 6) is -0.0629. The van der Waals surface area contributed by atoms with Gasteiger partial charge in [0.25, 0.3) is 5.91 Å². The Kier molecular flexibility index (Phi) is 6.22. The van der Waals surface area contributed by atoms with E-state index in [0.29, 0.717) is 17.3 Å². The van der Waals surface area contributed by atoms with Gasteiger partial charge >= 0.3 is 0 Å². The maximum absolute atomic E-state index is 12.0. The van der Waals surface area contributed by atoms with Crippen LogP contribution < -0.4 is 10.6 Å². The lowest BCUT2D eigenvalue weighted by atomic mass is 10.3. The molecule has 0 radical (unpaired) electrons. The lowest BCUT2D eigenvalue weighted by Gasteiger charge is -2.12. The molecule has 0 unspecified atom stereocenters. The Hall–Kier alpha value is -1.00. The molecule has 102 valence electrons. The molecule has 0 fully saturated rings. The number of carbonyl (C=O) groups is 1. The summed E-state index contributed by atoms with van der Waals surface area (Å²) in [6, 6.07) is 1.93. The van der Waals surface area contributed by atoms with Gasteiger partial charge in [-0.25, -0.2) is 0 Å². The van der Waals surface area contributed by atoms with Gasteiger partial charge in [-0.2, -0.15) is 0 Å². The van der Waals surface area contributed by atoms with Gasteiger partial charge in [-0.05, 0) is 39.4 Å². The van der Waals surface area contributed by atoms with Gasteiger partial charge in [0.1, 0.15) is 5.69 Å². The standard InChI is InChI=1S/C13H22ClN3O/c1-4-15-6-5-7-16-13(18)12-8-11(14)9-17(12)10(2)3/h8-10,15H,4-7H2,1-3H3,(H,16,18). The quantitative estimate of drug-likeness (QED) is 0.749. The van der Waals surface area contributed by atoms with E-state index < -0.39 is 0 Å². The largest absolute Gasteiger partial charge is 0.351 e. The first-order valence-corrected chi connectivity index (χ1v) is 6.80. The van der Waals surface area contributed by atoms with Crippen molar-refractivity contribution < 1.29 is 4.79 Å². The molecular weight excluding hydrogens is 250 g/mol. The second kappa shape index (κ2) is 7.44. The molecule has 0 saturated carbocycles. The highest BCUT2D eigenvalue weighted by atomic mass is 35.5. The average molecular weight is 272 g/mol. The Morgan fingerprint density at radius 1 is 1.44 bits per heavy atom. The van der Waals surface area contributed by atoms with Gasteiger partial charge in [-0.3, -0.25) is 4.79 Å². The number of nitrogens with one attached hydrogen (secondary N) is 2. The molecule has 0 aromatic carbocycles. The third kappa shape index (κ3) is 4.35. The van der Waals surface area contributed by atoms with Gasteiger partial charge in [-0.1, -0.05) is 18.5 Å². The summed E-state index contributed by atoms with van der Waals surface area (Å²) < 4.78 is 1.89. The molecule has 1 rings (SSSR count). The second-order valence-corrected chi connectivity index (χ2v) is 4.94. The number of carbonyl (C=O) groups excluding carboxylic acids is 1. The Balaban J connectivity index is 2.51. The highest BCUT2D eigenvalue weighted by Crippen LogP contribution is 2.18. The van der Waals surface area contributed by atoms with Crippen LogP contribution in [-0.4, -0.2) is 30.1 Å². The van der Waals surface area contributed by atoms with E-state index >= 15 is 0 Å². The van der Waals surface area contributed by atoms with E-state index in [1.165, 1.54) is 0 Å². The Bertz CT molecular complexity index is 388. The minimum absolute atomic E-state index is 0.0629. The molecule has 0 spiro atoms. The van der Waals surface area contributed by atoms with Crippen molar-refractivity contribution in [1.29, 1.82) is 0 Å². The number of rotatable bonds is 7. The first-order valence-electron chi connectivity index (χ1n) is 6.42. The van der Waals surface area contributed by atoms with Crippen LogP contribution in [-0.2, 0) is 0 Å². The predicted octanol–water partition coefficient (Wildman–Crippen LogP) is 2.45. The minimum Gasteiger partial charge on any atom is -0.351 e. The lowest BCUT2D eigenvalue weighted by Crippen LogP contribution is -2.29. The van der Waals surface area contributed by atoms with E-state index in [1.54, 1.807) is 12.3 Å². The third-order valence-electron chi connectivity index (χ3n) is 2.67. The van der Waals surface area contributed by atoms with Crippen LogP contribution in [0.5, 0.6) is 0 Å². The topological polar surface area (TPSA) is 46.1 Å². The zero-order chi connectivity index (χ0) is 13.5. The Morgan fingerprint density at radius 3 is 2.78 bits per heavy atom. The fraction of sp³-hybridized carbons (Fsp3) is 0.615. The van der Waals surface area contributed by atoms with E-state index in [1.807, 2.05) is 18.4 Å². The van der Waals surface area contributed by atoms with Crippen molar-refractivity contribution in [3.05, 3.63) is 23.0 Å². The van der Waals surface area contributed by atoms with Crippen molar-refractivity contribution in [2.75, 3.05) is 19.6 Å². The van der Waals surface area contributed by atoms with Crippen LogP contribution in [0.4, 0.5) is 0 Å². The summed E-state index contributed by atoms with van der Waals surface area (Å²) in [5, 5.41) is 6.72. The zero-order valence-corrected chi connectivity index (χ0v) is 12.0. The summed E-state index contributed by atoms with van der Waals surface area (Å²) in [4.78, 5) is 12.0. The number of hydrogen-bond donors (Lipinski definition) is 2. The molecule has 1 aromatic heterocycles. The van der Waals surface area contributed by atoms with E-state index in [9.17, 15) is 4.79 Å². The molecule has 1 heterocycles. The number of nitrogens with zero attached hydrogens (tertiary/aromatic N) is 1. The molecule has 1 aromatic rings. The van der Waals surface area contributed by atoms with Crippen molar-refractivity contribution >= 4 is 17.5 Å². The van der Waals surface area contributed by atoms with Gasteiger partial charge in [0, 0.05) is 18.8 Å². The smallest absolute Gasteiger partial charge is 0.267 e. The zero-order valence-electron chi connectivity index (χ0n) is 11.3. The van der Waals surface area contributed by atoms with Crippen LogP contribution in [0.15, 0.2) is 12.3 Å². The maximum Gasteiger partial charge on any atom is 0.267 e. The summed E-state index contributed by atoms with van der Waals surface area (Å²) in [5.41, 5.74) is 0.624. The van der Waals surface area contributed by atoms with Gasteiger partial charge in [0.2, 0.25) is 0 Å². The van der Waals surface area contributed by atoms with Crippen LogP contribution in [0.3, 0.4) is 0 Å². The molecule has 2 N–H and O–H groups in total. The summed E-state index contributed by atoms with van der Waals surface area (Å²) in [6.45, 7) is 8.67. The summed E-state index contributed by atoms with van der Waals surface area (Å²) in [7, 11) is 0. The molecule has 0 saturated heterocycles. The highest BCUT2D eigenvalue weighted by Gasteiger charge is 2.14. The summed E-state index contributed by atoms with van der Waals surface area (Å²) in [6.07, 6.45) is 2.72. The van der Waals surface area contributed by atoms with Crippen LogP contribution in [0.1, 0.15) is 43.7 Å². The molecule has 18 heavy (non-hydrogen) atoms. The van der Waals surface area contributed by atoms with Crippen molar-refractivity contribution in [2.24, 2.45) is 0 Å². The molecular formula is C13H22ClN3O. The molecule has 0 aliphatic carbocycles. The molecule has 4 nitrogen and oxygen atoms in total. The molecule has 0 atom stereocenters. The maximum atomic E-state index is 12.0. The normalized spacial score (nSPS) is 10.9. The molecule has 0 aliphatic heterocycles. The number of aromatic nitrogens is 1. The first-order chi connectivity index (χ1) is 8.56. The molecule has 0 aliphatic rings. The predicted molar refractivity (Wildman–Crippen MR) is 75.3 cm³/mol. The summed E-state index contributed by atoms with van der Waals surface area (Å²) >= 11 is 5.95. The first kappa shape index (κ1) is 15.1. The Labute approximate surface area is 114 Å². The highest BCUT2D eigenvalue weighted by molar-refractivity contribution is 6.31. The number of halogens is 1. The van der Waals surface area contributed by atoms with E-state index in [-0.39, 0.29) is 11.9 Å². The van der Waals surface area contributed by atoms with Gasteiger partial charge in [0.15, 0.2) is 0 Å². The van der Waals surface area contributed by atoms with E-state index in [4.69, 9.17) is 11.6 Å². The van der Waals surface area contributed by atoms with Gasteiger partial charge < -0.3 is 15.2 Å². The molecule has 0 bridgehead atoms. The Morgan fingerprint density at radius 2 is 2.17 bits per heavy atom. The van der Waals surface area contributed by atoms with Gasteiger partial charge in [0.05, 0.1) is 5.02 Å². The van der Waals surface area contributed by atoms with Crippen molar-refractivity contribution in [2.45, 2.75) is 33.2 Å². The molecule has 1 amide bonds. The fourth-order valence-corrected chi connectivity index (χ4v) is 1.95. The van der Waals surface area contributed by atoms with Crippen LogP contribution in [0, 0.1) is 0 Å². The fourth-order valence-electron chi connectivity index (χ4n) is 1.74. The van der Waals surface area contributed by atoms with Crippen LogP contribution >= 0.6 is 11.6 Å². The monoisotopic (exact) mass is 271 g/mol. The SMILES string of the molecule is CCNCCCNC(=O)c1cc(Cl)cn1C(C)C. The minimum atomic E-state index is -0.0629. The lowest BCUT2D eigenvalue weighted by molar-refractivity contribution is 0.0942. The van der Waals surface area contributed by atoms with Crippen LogP contribution in [0.25, 0.3) is 0 Å². The van der Waals surface area contributed by atoms with Crippen molar-refractivity contribution in [1.82, 2.24) is 15.2 Å². The second-order valence-electron chi connectivity index (χ2n) is 4.51.